The SMILES string of the molecule is CC.Cc1ccc(N(C)CCCN(C)C)cc1. The predicted octanol–water partition coefficient (Wildman–Crippen LogP) is 3.41. The number of nitrogens with zero attached hydrogens (tertiary/aromatic N) is 2. The van der Waals surface area contributed by atoms with E-state index in [1.165, 1.54) is 17.7 Å². The molecule has 0 aliphatic rings. The summed E-state index contributed by atoms with van der Waals surface area (Å²) in [6.45, 7) is 8.38. The Balaban J connectivity index is 0.00000121. The molecule has 0 amide bonds. The molecule has 0 atom stereocenters. The number of hydrogen-bond donors (Lipinski definition) is 0. The Morgan fingerprint density at radius 2 is 1.41 bits per heavy atom. The van der Waals surface area contributed by atoms with Gasteiger partial charge in [-0.15, -0.1) is 0 Å². The van der Waals surface area contributed by atoms with Crippen LogP contribution in [-0.4, -0.2) is 39.1 Å². The van der Waals surface area contributed by atoms with Crippen LogP contribution in [0.3, 0.4) is 0 Å². The zero-order chi connectivity index (χ0) is 13.3. The summed E-state index contributed by atoms with van der Waals surface area (Å²) in [7, 11) is 6.39. The molecule has 1 rings (SSSR count). The fourth-order valence-corrected chi connectivity index (χ4v) is 1.55. The molecule has 0 heterocycles. The quantitative estimate of drug-likeness (QED) is 0.773. The van der Waals surface area contributed by atoms with Crippen molar-refractivity contribution in [2.75, 3.05) is 39.1 Å². The van der Waals surface area contributed by atoms with Crippen LogP contribution in [-0.2, 0) is 0 Å². The van der Waals surface area contributed by atoms with Crippen LogP contribution < -0.4 is 4.90 Å². The lowest BCUT2D eigenvalue weighted by molar-refractivity contribution is 0.401. The highest BCUT2D eigenvalue weighted by molar-refractivity contribution is 5.46. The zero-order valence-electron chi connectivity index (χ0n) is 12.3. The largest absolute Gasteiger partial charge is 0.375 e. The van der Waals surface area contributed by atoms with E-state index in [1.807, 2.05) is 13.8 Å². The number of anilines is 1. The van der Waals surface area contributed by atoms with Crippen molar-refractivity contribution >= 4 is 5.69 Å². The average molecular weight is 236 g/mol. The van der Waals surface area contributed by atoms with Crippen molar-refractivity contribution in [2.24, 2.45) is 0 Å². The Morgan fingerprint density at radius 3 is 1.88 bits per heavy atom. The van der Waals surface area contributed by atoms with Crippen LogP contribution in [0, 0.1) is 6.92 Å². The van der Waals surface area contributed by atoms with E-state index in [9.17, 15) is 0 Å². The molecule has 2 nitrogen and oxygen atoms in total. The Labute approximate surface area is 107 Å². The highest BCUT2D eigenvalue weighted by Crippen LogP contribution is 2.13. The molecule has 0 saturated heterocycles. The van der Waals surface area contributed by atoms with E-state index in [1.54, 1.807) is 0 Å². The van der Waals surface area contributed by atoms with Crippen molar-refractivity contribution in [3.63, 3.8) is 0 Å². The van der Waals surface area contributed by atoms with Gasteiger partial charge in [0.2, 0.25) is 0 Å². The number of aryl methyl sites for hydroxylation is 1. The molecule has 1 aromatic carbocycles. The summed E-state index contributed by atoms with van der Waals surface area (Å²) in [5.41, 5.74) is 2.62. The van der Waals surface area contributed by atoms with E-state index in [-0.39, 0.29) is 0 Å². The van der Waals surface area contributed by atoms with E-state index in [0.29, 0.717) is 0 Å². The Bertz CT molecular complexity index is 277. The van der Waals surface area contributed by atoms with E-state index >= 15 is 0 Å². The zero-order valence-corrected chi connectivity index (χ0v) is 12.3. The Hall–Kier alpha value is -1.02. The molecule has 0 unspecified atom stereocenters. The van der Waals surface area contributed by atoms with Crippen LogP contribution in [0.15, 0.2) is 24.3 Å². The topological polar surface area (TPSA) is 6.48 Å². The van der Waals surface area contributed by atoms with Gasteiger partial charge in [0, 0.05) is 19.3 Å². The lowest BCUT2D eigenvalue weighted by Gasteiger charge is -2.20. The molecule has 0 saturated carbocycles. The highest BCUT2D eigenvalue weighted by atomic mass is 15.1. The summed E-state index contributed by atoms with van der Waals surface area (Å²) in [6.07, 6.45) is 1.21. The van der Waals surface area contributed by atoms with Gasteiger partial charge in [-0.2, -0.15) is 0 Å². The van der Waals surface area contributed by atoms with E-state index in [0.717, 1.165) is 13.1 Å². The van der Waals surface area contributed by atoms with Crippen molar-refractivity contribution in [2.45, 2.75) is 27.2 Å². The third-order valence-electron chi connectivity index (χ3n) is 2.57. The minimum atomic E-state index is 1.11. The van der Waals surface area contributed by atoms with Crippen LogP contribution in [0.1, 0.15) is 25.8 Å². The molecule has 0 bridgehead atoms. The molecular weight excluding hydrogens is 208 g/mol. The van der Waals surface area contributed by atoms with Crippen molar-refractivity contribution < 1.29 is 0 Å². The van der Waals surface area contributed by atoms with Gasteiger partial charge in [-0.25, -0.2) is 0 Å². The van der Waals surface area contributed by atoms with Crippen LogP contribution in [0.5, 0.6) is 0 Å². The monoisotopic (exact) mass is 236 g/mol. The van der Waals surface area contributed by atoms with E-state index in [4.69, 9.17) is 0 Å². The minimum Gasteiger partial charge on any atom is -0.375 e. The van der Waals surface area contributed by atoms with E-state index < -0.39 is 0 Å². The molecule has 98 valence electrons. The van der Waals surface area contributed by atoms with Gasteiger partial charge in [0.1, 0.15) is 0 Å². The maximum atomic E-state index is 2.31. The molecule has 0 aromatic heterocycles. The lowest BCUT2D eigenvalue weighted by atomic mass is 10.2. The first-order valence-electron chi connectivity index (χ1n) is 6.52. The number of benzene rings is 1. The first kappa shape index (κ1) is 16.0. The van der Waals surface area contributed by atoms with Crippen molar-refractivity contribution in [1.82, 2.24) is 4.90 Å². The second kappa shape index (κ2) is 9.06. The summed E-state index contributed by atoms with van der Waals surface area (Å²) < 4.78 is 0. The summed E-state index contributed by atoms with van der Waals surface area (Å²) >= 11 is 0. The number of rotatable bonds is 5. The van der Waals surface area contributed by atoms with Crippen LogP contribution >= 0.6 is 0 Å². The summed E-state index contributed by atoms with van der Waals surface area (Å²) in [5.74, 6) is 0. The molecule has 17 heavy (non-hydrogen) atoms. The molecule has 0 fully saturated rings. The average Bonchev–Trinajstić information content (AvgIpc) is 2.32. The molecule has 0 N–H and O–H groups in total. The molecule has 0 aliphatic carbocycles. The van der Waals surface area contributed by atoms with Crippen LogP contribution in [0.25, 0.3) is 0 Å². The molecule has 0 spiro atoms. The van der Waals surface area contributed by atoms with Gasteiger partial charge in [0.25, 0.3) is 0 Å². The molecule has 2 heteroatoms. The maximum absolute atomic E-state index is 2.31. The van der Waals surface area contributed by atoms with Crippen LogP contribution in [0.2, 0.25) is 0 Å². The fourth-order valence-electron chi connectivity index (χ4n) is 1.55. The van der Waals surface area contributed by atoms with Gasteiger partial charge >= 0.3 is 0 Å². The summed E-state index contributed by atoms with van der Waals surface area (Å²) in [6, 6.07) is 8.70. The van der Waals surface area contributed by atoms with Gasteiger partial charge < -0.3 is 9.80 Å². The second-order valence-corrected chi connectivity index (χ2v) is 4.41. The fraction of sp³-hybridized carbons (Fsp3) is 0.600. The lowest BCUT2D eigenvalue weighted by Crippen LogP contribution is -2.23. The second-order valence-electron chi connectivity index (χ2n) is 4.41. The van der Waals surface area contributed by atoms with Gasteiger partial charge in [-0.1, -0.05) is 31.5 Å². The third-order valence-corrected chi connectivity index (χ3v) is 2.57. The summed E-state index contributed by atoms with van der Waals surface area (Å²) in [5, 5.41) is 0. The third kappa shape index (κ3) is 7.01. The van der Waals surface area contributed by atoms with Crippen molar-refractivity contribution in [3.8, 4) is 0 Å². The molecule has 0 radical (unpaired) electrons. The standard InChI is InChI=1S/C13H22N2.C2H6/c1-12-6-8-13(9-7-12)15(4)11-5-10-14(2)3;1-2/h6-9H,5,10-11H2,1-4H3;1-2H3. The minimum absolute atomic E-state index is 1.11. The van der Waals surface area contributed by atoms with Gasteiger partial charge in [0.05, 0.1) is 0 Å². The normalized spacial score (nSPS) is 9.82. The van der Waals surface area contributed by atoms with Crippen molar-refractivity contribution in [1.29, 1.82) is 0 Å². The van der Waals surface area contributed by atoms with E-state index in [2.05, 4.69) is 62.1 Å². The Kier molecular flexibility index (Phi) is 8.51. The number of hydrogen-bond acceptors (Lipinski definition) is 2. The highest BCUT2D eigenvalue weighted by Gasteiger charge is 2.00. The van der Waals surface area contributed by atoms with Gasteiger partial charge in [-0.05, 0) is 46.1 Å². The molecular formula is C15H28N2. The first-order chi connectivity index (χ1) is 8.09. The van der Waals surface area contributed by atoms with Gasteiger partial charge in [0.15, 0.2) is 0 Å². The maximum Gasteiger partial charge on any atom is 0.0363 e. The summed E-state index contributed by atoms with van der Waals surface area (Å²) in [4.78, 5) is 4.53. The Morgan fingerprint density at radius 1 is 0.882 bits per heavy atom. The smallest absolute Gasteiger partial charge is 0.0363 e. The van der Waals surface area contributed by atoms with Gasteiger partial charge in [-0.3, -0.25) is 0 Å². The first-order valence-corrected chi connectivity index (χ1v) is 6.52. The van der Waals surface area contributed by atoms with Crippen LogP contribution in [0.4, 0.5) is 5.69 Å². The molecule has 1 aromatic rings. The van der Waals surface area contributed by atoms with Crippen molar-refractivity contribution in [3.05, 3.63) is 29.8 Å². The predicted molar refractivity (Wildman–Crippen MR) is 79.0 cm³/mol. The molecule has 0 aliphatic heterocycles.